The Morgan fingerprint density at radius 2 is 1.71 bits per heavy atom. The molecule has 15 heteroatoms. The molecule has 2 heterocycles. The van der Waals surface area contributed by atoms with Gasteiger partial charge in [0, 0.05) is 25.6 Å². The van der Waals surface area contributed by atoms with Crippen LogP contribution in [0.25, 0.3) is 0 Å². The molecule has 0 unspecified atom stereocenters. The van der Waals surface area contributed by atoms with Gasteiger partial charge in [0.1, 0.15) is 23.9 Å². The zero-order valence-corrected chi connectivity index (χ0v) is 29.3. The van der Waals surface area contributed by atoms with E-state index >= 15 is 0 Å². The monoisotopic (exact) mass is 722 g/mol. The summed E-state index contributed by atoms with van der Waals surface area (Å²) in [5.74, 6) is -5.13. The third kappa shape index (κ3) is 11.5. The van der Waals surface area contributed by atoms with E-state index in [-0.39, 0.29) is 38.3 Å². The predicted molar refractivity (Wildman–Crippen MR) is 186 cm³/mol. The molecule has 0 fully saturated rings. The third-order valence-corrected chi connectivity index (χ3v) is 8.33. The first-order valence-corrected chi connectivity index (χ1v) is 17.1. The van der Waals surface area contributed by atoms with Crippen LogP contribution in [0.3, 0.4) is 0 Å². The molecule has 5 amide bonds. The molecule has 2 aromatic carbocycles. The van der Waals surface area contributed by atoms with E-state index in [1.54, 1.807) is 56.3 Å². The Morgan fingerprint density at radius 3 is 2.42 bits per heavy atom. The summed E-state index contributed by atoms with van der Waals surface area (Å²) in [6, 6.07) is 11.3. The van der Waals surface area contributed by atoms with Gasteiger partial charge in [-0.15, -0.1) is 0 Å². The molecule has 278 valence electrons. The first-order valence-electron chi connectivity index (χ1n) is 17.1. The molecule has 0 spiro atoms. The van der Waals surface area contributed by atoms with Gasteiger partial charge in [0.05, 0.1) is 13.3 Å². The van der Waals surface area contributed by atoms with Crippen LogP contribution >= 0.6 is 0 Å². The molecule has 5 N–H and O–H groups in total. The summed E-state index contributed by atoms with van der Waals surface area (Å²) in [5, 5.41) is 13.5. The average Bonchev–Trinajstić information content (AvgIpc) is 3.12. The first kappa shape index (κ1) is 39.2. The lowest BCUT2D eigenvalue weighted by Gasteiger charge is -2.27. The number of aromatic nitrogens is 1. The van der Waals surface area contributed by atoms with Gasteiger partial charge in [-0.3, -0.25) is 24.0 Å². The van der Waals surface area contributed by atoms with Gasteiger partial charge in [0.15, 0.2) is 29.6 Å². The number of nitrogens with zero attached hydrogens (tertiary/aromatic N) is 1. The van der Waals surface area contributed by atoms with Crippen molar-refractivity contribution >= 4 is 29.5 Å². The van der Waals surface area contributed by atoms with Crippen LogP contribution in [0.1, 0.15) is 54.7 Å². The topological polar surface area (TPSA) is 177 Å². The number of halogens is 2. The van der Waals surface area contributed by atoms with Crippen molar-refractivity contribution in [1.29, 1.82) is 0 Å². The first-order chi connectivity index (χ1) is 24.9. The van der Waals surface area contributed by atoms with Crippen molar-refractivity contribution in [1.82, 2.24) is 31.6 Å². The zero-order chi connectivity index (χ0) is 37.6. The molecular weight excluding hydrogens is 678 g/mol. The van der Waals surface area contributed by atoms with E-state index in [2.05, 4.69) is 31.6 Å². The summed E-state index contributed by atoms with van der Waals surface area (Å²) < 4.78 is 39.1. The molecule has 4 rings (SSSR count). The highest BCUT2D eigenvalue weighted by Gasteiger charge is 2.31. The third-order valence-electron chi connectivity index (χ3n) is 8.33. The van der Waals surface area contributed by atoms with Crippen LogP contribution < -0.4 is 36.1 Å². The fourth-order valence-electron chi connectivity index (χ4n) is 5.53. The van der Waals surface area contributed by atoms with E-state index in [9.17, 15) is 32.8 Å². The quantitative estimate of drug-likeness (QED) is 0.258. The van der Waals surface area contributed by atoms with Gasteiger partial charge in [0.2, 0.25) is 17.7 Å². The number of hydrogen-bond donors (Lipinski definition) is 5. The Hall–Kier alpha value is -5.60. The van der Waals surface area contributed by atoms with E-state index in [4.69, 9.17) is 9.47 Å². The molecule has 0 saturated carbocycles. The minimum atomic E-state index is -1.34. The van der Waals surface area contributed by atoms with E-state index in [0.29, 0.717) is 48.7 Å². The normalized spacial score (nSPS) is 19.8. The van der Waals surface area contributed by atoms with Crippen molar-refractivity contribution in [3.63, 3.8) is 0 Å². The SMILES string of the molecule is COc1ccc2cc1OCC(=O)NCCC[C@H](NC(=O)c1ncc(F)cc1F)C(=O)N[C@@H](Cc1ccccc1)C(=O)N[C@H](C(C)C)C(=O)NCCC2. The second kappa shape index (κ2) is 19.1. The maximum Gasteiger partial charge on any atom is 0.273 e. The standard InChI is InChI=1S/C37H44F2N6O7/c1-22(2)32-36(49)41-16-7-11-24-13-14-29(51-3)30(18-24)52-21-31(46)40-15-8-12-27(43-37(50)33-26(39)19-25(38)20-42-33)34(47)44-28(35(48)45-32)17-23-9-5-4-6-10-23/h4-6,9-10,13-14,18-20,22,27-28,32H,7-8,11-12,15-17,21H2,1-3H3,(H,40,46)(H,41,49)(H,43,50)(H,44,47)(H,45,48)/t27-,28-,32+/m0/s1. The Bertz CT molecular complexity index is 1730. The maximum absolute atomic E-state index is 14.5. The van der Waals surface area contributed by atoms with Crippen molar-refractivity contribution in [3.05, 3.63) is 89.2 Å². The number of carbonyl (C=O) groups excluding carboxylic acids is 5. The number of methoxy groups -OCH3 is 1. The lowest BCUT2D eigenvalue weighted by atomic mass is 10.00. The summed E-state index contributed by atoms with van der Waals surface area (Å²) >= 11 is 0. The number of pyridine rings is 1. The number of carbonyl (C=O) groups is 5. The van der Waals surface area contributed by atoms with Gasteiger partial charge in [-0.2, -0.15) is 0 Å². The molecule has 3 atom stereocenters. The summed E-state index contributed by atoms with van der Waals surface area (Å²) in [6.07, 6.45) is 1.95. The molecule has 3 aromatic rings. The van der Waals surface area contributed by atoms with Crippen molar-refractivity contribution in [2.45, 2.75) is 64.1 Å². The minimum absolute atomic E-state index is 0.0412. The summed E-state index contributed by atoms with van der Waals surface area (Å²) in [6.45, 7) is 3.61. The molecule has 0 radical (unpaired) electrons. The molecule has 1 aliphatic heterocycles. The van der Waals surface area contributed by atoms with Crippen molar-refractivity contribution in [2.24, 2.45) is 5.92 Å². The number of aryl methyl sites for hydroxylation is 1. The molecule has 13 nitrogen and oxygen atoms in total. The lowest BCUT2D eigenvalue weighted by molar-refractivity contribution is -0.133. The van der Waals surface area contributed by atoms with Crippen molar-refractivity contribution in [3.8, 4) is 11.5 Å². The Kier molecular flexibility index (Phi) is 14.4. The second-order valence-electron chi connectivity index (χ2n) is 12.7. The number of rotatable bonds is 6. The van der Waals surface area contributed by atoms with E-state index in [1.807, 2.05) is 6.07 Å². The Morgan fingerprint density at radius 1 is 0.962 bits per heavy atom. The Balaban J connectivity index is 1.62. The highest BCUT2D eigenvalue weighted by molar-refractivity contribution is 5.98. The van der Waals surface area contributed by atoms with Crippen LogP contribution in [0, 0.1) is 17.6 Å². The fourth-order valence-corrected chi connectivity index (χ4v) is 5.53. The zero-order valence-electron chi connectivity index (χ0n) is 29.3. The largest absolute Gasteiger partial charge is 0.493 e. The molecule has 2 bridgehead atoms. The van der Waals surface area contributed by atoms with Crippen molar-refractivity contribution in [2.75, 3.05) is 26.8 Å². The highest BCUT2D eigenvalue weighted by atomic mass is 19.1. The number of amides is 5. The maximum atomic E-state index is 14.5. The van der Waals surface area contributed by atoms with Crippen LogP contribution in [0.15, 0.2) is 60.8 Å². The molecule has 0 saturated heterocycles. The number of fused-ring (bicyclic) bond motifs is 2. The number of hydrogen-bond acceptors (Lipinski definition) is 8. The van der Waals surface area contributed by atoms with Gasteiger partial charge < -0.3 is 36.1 Å². The molecule has 1 aliphatic rings. The summed E-state index contributed by atoms with van der Waals surface area (Å²) in [4.78, 5) is 70.2. The number of nitrogens with one attached hydrogen (secondary N) is 5. The predicted octanol–water partition coefficient (Wildman–Crippen LogP) is 2.37. The van der Waals surface area contributed by atoms with Gasteiger partial charge in [-0.25, -0.2) is 13.8 Å². The lowest BCUT2D eigenvalue weighted by Crippen LogP contribution is -2.58. The van der Waals surface area contributed by atoms with Crippen LogP contribution in [0.4, 0.5) is 8.78 Å². The Labute approximate surface area is 300 Å². The number of ether oxygens (including phenoxy) is 2. The molecule has 0 aliphatic carbocycles. The van der Waals surface area contributed by atoms with Crippen LogP contribution in [0.2, 0.25) is 0 Å². The summed E-state index contributed by atoms with van der Waals surface area (Å²) in [7, 11) is 1.48. The van der Waals surface area contributed by atoms with E-state index in [0.717, 1.165) is 5.56 Å². The molecule has 1 aromatic heterocycles. The minimum Gasteiger partial charge on any atom is -0.493 e. The van der Waals surface area contributed by atoms with Crippen LogP contribution in [0.5, 0.6) is 11.5 Å². The smallest absolute Gasteiger partial charge is 0.273 e. The van der Waals surface area contributed by atoms with Gasteiger partial charge in [-0.05, 0) is 54.9 Å². The molecule has 52 heavy (non-hydrogen) atoms. The summed E-state index contributed by atoms with van der Waals surface area (Å²) in [5.41, 5.74) is 0.867. The number of benzene rings is 2. The van der Waals surface area contributed by atoms with E-state index < -0.39 is 65.0 Å². The van der Waals surface area contributed by atoms with Crippen molar-refractivity contribution < 1.29 is 42.2 Å². The van der Waals surface area contributed by atoms with Gasteiger partial charge in [-0.1, -0.05) is 50.2 Å². The van der Waals surface area contributed by atoms with Crippen LogP contribution in [-0.4, -0.2) is 79.5 Å². The van der Waals surface area contributed by atoms with E-state index in [1.165, 1.54) is 7.11 Å². The molecular formula is C37H44F2N6O7. The second-order valence-corrected chi connectivity index (χ2v) is 12.7. The average molecular weight is 723 g/mol. The van der Waals surface area contributed by atoms with Gasteiger partial charge >= 0.3 is 0 Å². The highest BCUT2D eigenvalue weighted by Crippen LogP contribution is 2.28. The van der Waals surface area contributed by atoms with Gasteiger partial charge in [0.25, 0.3) is 11.8 Å². The fraction of sp³-hybridized carbons (Fsp3) is 0.405. The van der Waals surface area contributed by atoms with Crippen LogP contribution in [-0.2, 0) is 32.0 Å².